The quantitative estimate of drug-likeness (QED) is 0.887. The summed E-state index contributed by atoms with van der Waals surface area (Å²) in [4.78, 5) is 0. The third-order valence-electron chi connectivity index (χ3n) is 8.40. The van der Waals surface area contributed by atoms with Gasteiger partial charge in [-0.25, -0.2) is 0 Å². The first-order valence-electron chi connectivity index (χ1n) is 9.71. The third-order valence-corrected chi connectivity index (χ3v) is 8.40. The molecule has 128 valence electrons. The Bertz CT molecular complexity index is 825. The van der Waals surface area contributed by atoms with Gasteiger partial charge in [-0.2, -0.15) is 0 Å². The minimum absolute atomic E-state index is 0.446. The highest BCUT2D eigenvalue weighted by molar-refractivity contribution is 5.51. The smallest absolute Gasteiger partial charge is 0.119 e. The fourth-order valence-corrected chi connectivity index (χ4v) is 7.80. The van der Waals surface area contributed by atoms with Crippen LogP contribution in [-0.4, -0.2) is 6.61 Å². The van der Waals surface area contributed by atoms with E-state index in [1.807, 2.05) is 0 Å². The molecule has 0 saturated heterocycles. The van der Waals surface area contributed by atoms with Crippen molar-refractivity contribution in [3.05, 3.63) is 65.7 Å². The number of hydrogen-bond donors (Lipinski definition) is 1. The van der Waals surface area contributed by atoms with Gasteiger partial charge < -0.3 is 10.5 Å². The zero-order chi connectivity index (χ0) is 16.7. The van der Waals surface area contributed by atoms with E-state index in [2.05, 4.69) is 54.6 Å². The second-order valence-corrected chi connectivity index (χ2v) is 8.95. The molecule has 0 aromatic heterocycles. The van der Waals surface area contributed by atoms with Gasteiger partial charge in [0.25, 0.3) is 0 Å². The number of hydrogen-bond acceptors (Lipinski definition) is 2. The fraction of sp³-hybridized carbons (Fsp3) is 0.478. The van der Waals surface area contributed by atoms with Crippen LogP contribution < -0.4 is 10.5 Å². The molecule has 2 heteroatoms. The molecule has 4 fully saturated rings. The highest BCUT2D eigenvalue weighted by Gasteiger charge is 2.93. The van der Waals surface area contributed by atoms with E-state index in [9.17, 15) is 0 Å². The van der Waals surface area contributed by atoms with Gasteiger partial charge in [0.1, 0.15) is 5.75 Å². The van der Waals surface area contributed by atoms with Crippen molar-refractivity contribution in [1.82, 2.24) is 0 Å². The van der Waals surface area contributed by atoms with Crippen molar-refractivity contribution in [2.75, 3.05) is 6.61 Å². The minimum atomic E-state index is 0.446. The molecule has 0 heterocycles. The maximum atomic E-state index is 6.29. The van der Waals surface area contributed by atoms with Crippen molar-refractivity contribution in [2.24, 2.45) is 28.4 Å². The zero-order valence-corrected chi connectivity index (χ0v) is 14.6. The van der Waals surface area contributed by atoms with Crippen molar-refractivity contribution < 1.29 is 4.74 Å². The SMILES string of the molecule is NCc1ccc(OCC23CC4CC5CC(c6ccccc6)(C2)C453)cc1. The Labute approximate surface area is 149 Å². The van der Waals surface area contributed by atoms with Gasteiger partial charge in [-0.1, -0.05) is 42.5 Å². The Balaban J connectivity index is 1.25. The summed E-state index contributed by atoms with van der Waals surface area (Å²) in [5.41, 5.74) is 9.96. The molecule has 4 saturated carbocycles. The van der Waals surface area contributed by atoms with E-state index >= 15 is 0 Å². The topological polar surface area (TPSA) is 35.2 Å². The summed E-state index contributed by atoms with van der Waals surface area (Å²) < 4.78 is 6.29. The van der Waals surface area contributed by atoms with E-state index in [1.165, 1.54) is 25.7 Å². The first-order chi connectivity index (χ1) is 12.2. The largest absolute Gasteiger partial charge is 0.493 e. The molecule has 2 N–H and O–H groups in total. The maximum Gasteiger partial charge on any atom is 0.119 e. The van der Waals surface area contributed by atoms with Gasteiger partial charge >= 0.3 is 0 Å². The molecule has 2 nitrogen and oxygen atoms in total. The van der Waals surface area contributed by atoms with Crippen LogP contribution in [0, 0.1) is 22.7 Å². The summed E-state index contributed by atoms with van der Waals surface area (Å²) in [6.07, 6.45) is 5.61. The molecule has 4 aliphatic rings. The number of ether oxygens (including phenoxy) is 1. The highest BCUT2D eigenvalue weighted by Crippen LogP contribution is 2.97. The Morgan fingerprint density at radius 2 is 1.72 bits per heavy atom. The number of nitrogens with two attached hydrogens (primary N) is 1. The van der Waals surface area contributed by atoms with Crippen molar-refractivity contribution in [2.45, 2.75) is 37.6 Å². The first-order valence-corrected chi connectivity index (χ1v) is 9.71. The summed E-state index contributed by atoms with van der Waals surface area (Å²) in [6, 6.07) is 19.6. The summed E-state index contributed by atoms with van der Waals surface area (Å²) >= 11 is 0. The third kappa shape index (κ3) is 1.41. The zero-order valence-electron chi connectivity index (χ0n) is 14.6. The van der Waals surface area contributed by atoms with Crippen LogP contribution in [0.25, 0.3) is 0 Å². The molecule has 4 aliphatic carbocycles. The van der Waals surface area contributed by atoms with E-state index < -0.39 is 0 Å². The van der Waals surface area contributed by atoms with Crippen LogP contribution in [0.15, 0.2) is 54.6 Å². The van der Waals surface area contributed by atoms with Gasteiger partial charge in [0.2, 0.25) is 0 Å². The average molecular weight is 331 g/mol. The van der Waals surface area contributed by atoms with E-state index in [-0.39, 0.29) is 0 Å². The van der Waals surface area contributed by atoms with Gasteiger partial charge in [0.05, 0.1) is 6.61 Å². The molecule has 6 rings (SSSR count). The summed E-state index contributed by atoms with van der Waals surface area (Å²) in [6.45, 7) is 1.49. The van der Waals surface area contributed by atoms with Crippen molar-refractivity contribution in [3.63, 3.8) is 0 Å². The molecule has 0 radical (unpaired) electrons. The lowest BCUT2D eigenvalue weighted by Crippen LogP contribution is -2.92. The summed E-state index contributed by atoms with van der Waals surface area (Å²) in [5.74, 6) is 2.92. The van der Waals surface area contributed by atoms with Gasteiger partial charge in [-0.05, 0) is 66.2 Å². The Morgan fingerprint density at radius 1 is 0.960 bits per heavy atom. The van der Waals surface area contributed by atoms with Crippen molar-refractivity contribution in [3.8, 4) is 5.75 Å². The number of benzene rings is 2. The predicted molar refractivity (Wildman–Crippen MR) is 98.3 cm³/mol. The van der Waals surface area contributed by atoms with Gasteiger partial charge in [-0.15, -0.1) is 0 Å². The molecule has 0 amide bonds. The Kier molecular flexibility index (Phi) is 2.58. The molecule has 2 aromatic carbocycles. The van der Waals surface area contributed by atoms with Crippen molar-refractivity contribution >= 4 is 0 Å². The second-order valence-electron chi connectivity index (χ2n) is 8.95. The molecule has 5 atom stereocenters. The Hall–Kier alpha value is -1.80. The molecule has 0 aliphatic heterocycles. The summed E-state index contributed by atoms with van der Waals surface area (Å²) in [7, 11) is 0. The van der Waals surface area contributed by atoms with E-state index in [1.54, 1.807) is 5.56 Å². The molecule has 25 heavy (non-hydrogen) atoms. The van der Waals surface area contributed by atoms with Crippen LogP contribution in [0.4, 0.5) is 0 Å². The van der Waals surface area contributed by atoms with Gasteiger partial charge in [0, 0.05) is 17.4 Å². The van der Waals surface area contributed by atoms with Crippen molar-refractivity contribution in [1.29, 1.82) is 0 Å². The van der Waals surface area contributed by atoms with Crippen LogP contribution in [0.2, 0.25) is 0 Å². The lowest BCUT2D eigenvalue weighted by molar-refractivity contribution is -0.452. The van der Waals surface area contributed by atoms with Crippen LogP contribution in [0.3, 0.4) is 0 Å². The normalized spacial score (nSPS) is 42.0. The molecule has 5 unspecified atom stereocenters. The average Bonchev–Trinajstić information content (AvgIpc) is 2.60. The van der Waals surface area contributed by atoms with E-state index in [0.29, 0.717) is 22.8 Å². The van der Waals surface area contributed by atoms with E-state index in [4.69, 9.17) is 10.5 Å². The van der Waals surface area contributed by atoms with Gasteiger partial charge in [-0.3, -0.25) is 0 Å². The maximum absolute atomic E-state index is 6.29. The standard InChI is InChI=1S/C23H25NO/c24-13-16-6-8-20(9-7-16)25-15-21-11-18-10-19-12-22(14-21,23(18,19)21)17-4-2-1-3-5-17/h1-9,18-19H,10-15,24H2. The van der Waals surface area contributed by atoms with Crippen LogP contribution >= 0.6 is 0 Å². The molecular formula is C23H25NO. The monoisotopic (exact) mass is 331 g/mol. The fourth-order valence-electron chi connectivity index (χ4n) is 7.80. The van der Waals surface area contributed by atoms with Crippen LogP contribution in [0.1, 0.15) is 36.8 Å². The van der Waals surface area contributed by atoms with E-state index in [0.717, 1.165) is 29.8 Å². The number of rotatable bonds is 5. The molecular weight excluding hydrogens is 306 g/mol. The molecule has 0 bridgehead atoms. The molecule has 2 aromatic rings. The van der Waals surface area contributed by atoms with Crippen LogP contribution in [-0.2, 0) is 12.0 Å². The van der Waals surface area contributed by atoms with Crippen LogP contribution in [0.5, 0.6) is 5.75 Å². The predicted octanol–water partition coefficient (Wildman–Crippen LogP) is 4.28. The lowest BCUT2D eigenvalue weighted by Gasteiger charge is -2.95. The first kappa shape index (κ1) is 14.4. The Morgan fingerprint density at radius 3 is 2.40 bits per heavy atom. The minimum Gasteiger partial charge on any atom is -0.493 e. The summed E-state index contributed by atoms with van der Waals surface area (Å²) in [5, 5.41) is 0. The molecule has 1 spiro atoms. The highest BCUT2D eigenvalue weighted by atomic mass is 16.5. The second kappa shape index (κ2) is 4.48. The van der Waals surface area contributed by atoms with Gasteiger partial charge in [0.15, 0.2) is 0 Å². The lowest BCUT2D eigenvalue weighted by atomic mass is 9.08.